The van der Waals surface area contributed by atoms with Crippen molar-refractivity contribution in [1.29, 1.82) is 5.26 Å². The van der Waals surface area contributed by atoms with E-state index in [-0.39, 0.29) is 0 Å². The van der Waals surface area contributed by atoms with Crippen molar-refractivity contribution in [3.05, 3.63) is 47.3 Å². The first-order valence-corrected chi connectivity index (χ1v) is 7.15. The number of amidine groups is 1. The molecule has 3 rings (SSSR count). The molecule has 22 heavy (non-hydrogen) atoms. The minimum absolute atomic E-state index is 0.422. The Kier molecular flexibility index (Phi) is 3.71. The monoisotopic (exact) mass is 292 g/mol. The number of benzene rings is 1. The maximum Gasteiger partial charge on any atom is 0.182 e. The molecule has 0 amide bonds. The Morgan fingerprint density at radius 3 is 2.77 bits per heavy atom. The lowest BCUT2D eigenvalue weighted by Gasteiger charge is -2.05. The largest absolute Gasteiger partial charge is 0.275 e. The Balaban J connectivity index is 2.18. The van der Waals surface area contributed by atoms with Gasteiger partial charge in [0.05, 0.1) is 18.0 Å². The van der Waals surface area contributed by atoms with Gasteiger partial charge in [-0.25, -0.2) is 4.99 Å². The lowest BCUT2D eigenvalue weighted by Crippen LogP contribution is -2.23. The van der Waals surface area contributed by atoms with Crippen LogP contribution in [0.25, 0.3) is 0 Å². The van der Waals surface area contributed by atoms with Crippen LogP contribution in [0.3, 0.4) is 0 Å². The molecule has 1 aromatic carbocycles. The van der Waals surface area contributed by atoms with Crippen LogP contribution in [0.1, 0.15) is 23.9 Å². The number of nitrogens with one attached hydrogen (secondary N) is 1. The summed E-state index contributed by atoms with van der Waals surface area (Å²) in [6.45, 7) is 5.04. The molecular formula is C16H16N6. The van der Waals surface area contributed by atoms with Crippen molar-refractivity contribution < 1.29 is 0 Å². The molecule has 6 nitrogen and oxygen atoms in total. The van der Waals surface area contributed by atoms with Gasteiger partial charge in [-0.15, -0.1) is 0 Å². The number of nitriles is 1. The maximum atomic E-state index is 8.98. The van der Waals surface area contributed by atoms with E-state index >= 15 is 0 Å². The van der Waals surface area contributed by atoms with Crippen molar-refractivity contribution in [2.24, 2.45) is 9.98 Å². The summed E-state index contributed by atoms with van der Waals surface area (Å²) in [6.07, 6.45) is 1.95. The van der Waals surface area contributed by atoms with Gasteiger partial charge in [0.25, 0.3) is 0 Å². The van der Waals surface area contributed by atoms with Crippen molar-refractivity contribution in [1.82, 2.24) is 15.1 Å². The number of aryl methyl sites for hydroxylation is 2. The average molecular weight is 292 g/mol. The number of rotatable bonds is 2. The normalized spacial score (nSPS) is 13.5. The number of aliphatic imine (C=N–C) groups is 2. The number of nitrogens with zero attached hydrogens (tertiary/aromatic N) is 5. The van der Waals surface area contributed by atoms with E-state index in [1.165, 1.54) is 0 Å². The van der Waals surface area contributed by atoms with E-state index in [1.54, 1.807) is 0 Å². The summed E-state index contributed by atoms with van der Waals surface area (Å²) in [5.74, 6) is 0.523. The van der Waals surface area contributed by atoms with Crippen LogP contribution in [0.15, 0.2) is 40.3 Å². The highest BCUT2D eigenvalue weighted by Gasteiger charge is 2.22. The highest BCUT2D eigenvalue weighted by molar-refractivity contribution is 6.11. The van der Waals surface area contributed by atoms with Crippen molar-refractivity contribution in [2.75, 3.05) is 6.54 Å². The van der Waals surface area contributed by atoms with E-state index in [0.29, 0.717) is 18.9 Å². The van der Waals surface area contributed by atoms with E-state index in [9.17, 15) is 0 Å². The van der Waals surface area contributed by atoms with Gasteiger partial charge < -0.3 is 0 Å². The van der Waals surface area contributed by atoms with Crippen LogP contribution in [0.2, 0.25) is 0 Å². The summed E-state index contributed by atoms with van der Waals surface area (Å²) in [7, 11) is 0. The summed E-state index contributed by atoms with van der Waals surface area (Å²) in [5, 5.41) is 16.1. The SMILES string of the molecule is CCn1nc(C)c2c1C(NC#N)=NCC(c1ccccc1)=N2. The van der Waals surface area contributed by atoms with Crippen molar-refractivity contribution in [3.8, 4) is 6.19 Å². The Morgan fingerprint density at radius 2 is 2.09 bits per heavy atom. The average Bonchev–Trinajstić information content (AvgIpc) is 2.74. The predicted molar refractivity (Wildman–Crippen MR) is 85.4 cm³/mol. The smallest absolute Gasteiger partial charge is 0.182 e. The molecule has 0 atom stereocenters. The number of hydrogen-bond acceptors (Lipinski definition) is 5. The van der Waals surface area contributed by atoms with Gasteiger partial charge in [-0.2, -0.15) is 10.4 Å². The van der Waals surface area contributed by atoms with Crippen molar-refractivity contribution in [3.63, 3.8) is 0 Å². The first-order chi connectivity index (χ1) is 10.7. The molecule has 6 heteroatoms. The zero-order chi connectivity index (χ0) is 15.5. The summed E-state index contributed by atoms with van der Waals surface area (Å²) >= 11 is 0. The Labute approximate surface area is 128 Å². The number of fused-ring (bicyclic) bond motifs is 1. The van der Waals surface area contributed by atoms with Gasteiger partial charge in [0.2, 0.25) is 0 Å². The minimum Gasteiger partial charge on any atom is -0.275 e. The van der Waals surface area contributed by atoms with E-state index < -0.39 is 0 Å². The van der Waals surface area contributed by atoms with Gasteiger partial charge in [0.1, 0.15) is 11.4 Å². The van der Waals surface area contributed by atoms with E-state index in [2.05, 4.69) is 15.4 Å². The lowest BCUT2D eigenvalue weighted by atomic mass is 10.1. The van der Waals surface area contributed by atoms with E-state index in [4.69, 9.17) is 10.3 Å². The fourth-order valence-corrected chi connectivity index (χ4v) is 2.51. The highest BCUT2D eigenvalue weighted by Crippen LogP contribution is 2.27. The van der Waals surface area contributed by atoms with Gasteiger partial charge in [0.15, 0.2) is 12.0 Å². The molecular weight excluding hydrogens is 276 g/mol. The van der Waals surface area contributed by atoms with Gasteiger partial charge in [0, 0.05) is 6.54 Å². The van der Waals surface area contributed by atoms with Crippen LogP contribution in [0.5, 0.6) is 0 Å². The molecule has 0 bridgehead atoms. The van der Waals surface area contributed by atoms with E-state index in [1.807, 2.05) is 55.1 Å². The fraction of sp³-hybridized carbons (Fsp3) is 0.250. The fourth-order valence-electron chi connectivity index (χ4n) is 2.51. The number of hydrogen-bond donors (Lipinski definition) is 1. The standard InChI is InChI=1S/C16H16N6/c1-3-22-15-14(11(2)21-22)20-13(9-18-16(15)19-10-17)12-7-5-4-6-8-12/h4-8H,3,9H2,1-2H3,(H,18,19). The summed E-state index contributed by atoms with van der Waals surface area (Å²) in [4.78, 5) is 9.30. The summed E-state index contributed by atoms with van der Waals surface area (Å²) < 4.78 is 1.82. The molecule has 110 valence electrons. The third-order valence-corrected chi connectivity index (χ3v) is 3.53. The van der Waals surface area contributed by atoms with Crippen LogP contribution in [0, 0.1) is 18.4 Å². The molecule has 2 aromatic rings. The van der Waals surface area contributed by atoms with Crippen LogP contribution in [0.4, 0.5) is 5.69 Å². The molecule has 1 aromatic heterocycles. The van der Waals surface area contributed by atoms with Crippen LogP contribution < -0.4 is 5.32 Å². The van der Waals surface area contributed by atoms with Crippen molar-refractivity contribution >= 4 is 17.2 Å². The third-order valence-electron chi connectivity index (χ3n) is 3.53. The van der Waals surface area contributed by atoms with Gasteiger partial charge >= 0.3 is 0 Å². The van der Waals surface area contributed by atoms with Crippen LogP contribution in [-0.2, 0) is 6.54 Å². The second-order valence-corrected chi connectivity index (χ2v) is 4.92. The van der Waals surface area contributed by atoms with Gasteiger partial charge in [-0.1, -0.05) is 30.3 Å². The molecule has 0 saturated carbocycles. The van der Waals surface area contributed by atoms with E-state index in [0.717, 1.165) is 28.4 Å². The molecule has 0 radical (unpaired) electrons. The topological polar surface area (TPSA) is 78.4 Å². The molecule has 0 fully saturated rings. The quantitative estimate of drug-likeness (QED) is 0.680. The lowest BCUT2D eigenvalue weighted by molar-refractivity contribution is 0.646. The Hall–Kier alpha value is -2.94. The van der Waals surface area contributed by atoms with Crippen LogP contribution in [-0.4, -0.2) is 27.9 Å². The van der Waals surface area contributed by atoms with Crippen LogP contribution >= 0.6 is 0 Å². The molecule has 0 spiro atoms. The molecule has 0 unspecified atom stereocenters. The molecule has 1 N–H and O–H groups in total. The third kappa shape index (κ3) is 2.37. The van der Waals surface area contributed by atoms with Crippen molar-refractivity contribution in [2.45, 2.75) is 20.4 Å². The Morgan fingerprint density at radius 1 is 1.32 bits per heavy atom. The summed E-state index contributed by atoms with van der Waals surface area (Å²) in [5.41, 5.74) is 4.28. The van der Waals surface area contributed by atoms with Gasteiger partial charge in [-0.3, -0.25) is 15.0 Å². The first-order valence-electron chi connectivity index (χ1n) is 7.15. The zero-order valence-corrected chi connectivity index (χ0v) is 12.5. The second-order valence-electron chi connectivity index (χ2n) is 4.92. The predicted octanol–water partition coefficient (Wildman–Crippen LogP) is 2.16. The minimum atomic E-state index is 0.422. The van der Waals surface area contributed by atoms with Gasteiger partial charge in [-0.05, 0) is 19.4 Å². The first kappa shape index (κ1) is 14.0. The molecule has 2 heterocycles. The molecule has 0 saturated heterocycles. The molecule has 0 aliphatic carbocycles. The molecule has 1 aliphatic heterocycles. The zero-order valence-electron chi connectivity index (χ0n) is 12.5. The maximum absolute atomic E-state index is 8.98. The summed E-state index contributed by atoms with van der Waals surface area (Å²) in [6, 6.07) is 9.94. The second kappa shape index (κ2) is 5.82. The highest BCUT2D eigenvalue weighted by atomic mass is 15.3. The molecule has 1 aliphatic rings. The Bertz CT molecular complexity index is 792. The number of aromatic nitrogens is 2.